The highest BCUT2D eigenvalue weighted by molar-refractivity contribution is 4.61. The molecule has 0 aliphatic heterocycles. The quantitative estimate of drug-likeness (QED) is 0.536. The summed E-state index contributed by atoms with van der Waals surface area (Å²) in [5, 5.41) is 0. The van der Waals surface area contributed by atoms with Crippen LogP contribution in [0.4, 0.5) is 0 Å². The van der Waals surface area contributed by atoms with Gasteiger partial charge in [0.25, 0.3) is 0 Å². The van der Waals surface area contributed by atoms with Gasteiger partial charge < -0.3 is 4.74 Å². The Morgan fingerprint density at radius 3 is 2.21 bits per heavy atom. The Morgan fingerprint density at radius 1 is 1.00 bits per heavy atom. The van der Waals surface area contributed by atoms with Gasteiger partial charge in [-0.15, -0.1) is 0 Å². The van der Waals surface area contributed by atoms with Crippen molar-refractivity contribution >= 4 is 0 Å². The summed E-state index contributed by atoms with van der Waals surface area (Å²) in [5.74, 6) is 0.861. The second kappa shape index (κ2) is 9.51. The van der Waals surface area contributed by atoms with E-state index in [1.807, 2.05) is 0 Å². The smallest absolute Gasteiger partial charge is 0.0575 e. The lowest BCUT2D eigenvalue weighted by atomic mass is 9.98. The lowest BCUT2D eigenvalue weighted by Crippen LogP contribution is -2.14. The molecule has 0 saturated carbocycles. The zero-order valence-electron chi connectivity index (χ0n) is 10.5. The van der Waals surface area contributed by atoms with E-state index >= 15 is 0 Å². The third-order valence-electron chi connectivity index (χ3n) is 2.96. The molecule has 0 fully saturated rings. The molecular formula is C13H28O. The van der Waals surface area contributed by atoms with Crippen LogP contribution in [0.5, 0.6) is 0 Å². The molecule has 0 bridgehead atoms. The van der Waals surface area contributed by atoms with Crippen LogP contribution in [-0.4, -0.2) is 12.7 Å². The average Bonchev–Trinajstić information content (AvgIpc) is 2.21. The SMILES string of the molecule is CCCCC(CCC(C)CC)OCC. The molecular weight excluding hydrogens is 172 g/mol. The van der Waals surface area contributed by atoms with Gasteiger partial charge in [0.2, 0.25) is 0 Å². The summed E-state index contributed by atoms with van der Waals surface area (Å²) in [4.78, 5) is 0. The zero-order valence-corrected chi connectivity index (χ0v) is 10.5. The first-order valence-corrected chi connectivity index (χ1v) is 6.36. The Bertz CT molecular complexity index is 112. The predicted octanol–water partition coefficient (Wildman–Crippen LogP) is 4.41. The standard InChI is InChI=1S/C13H28O/c1-5-8-9-13(14-7-3)11-10-12(4)6-2/h12-13H,5-11H2,1-4H3. The Kier molecular flexibility index (Phi) is 9.49. The fourth-order valence-corrected chi connectivity index (χ4v) is 1.65. The van der Waals surface area contributed by atoms with Crippen LogP contribution in [0.2, 0.25) is 0 Å². The van der Waals surface area contributed by atoms with Crippen LogP contribution in [0.15, 0.2) is 0 Å². The van der Waals surface area contributed by atoms with Crippen LogP contribution in [0.25, 0.3) is 0 Å². The number of ether oxygens (including phenoxy) is 1. The fraction of sp³-hybridized carbons (Fsp3) is 1.00. The van der Waals surface area contributed by atoms with Crippen molar-refractivity contribution in [2.24, 2.45) is 5.92 Å². The second-order valence-corrected chi connectivity index (χ2v) is 4.31. The van der Waals surface area contributed by atoms with E-state index in [-0.39, 0.29) is 0 Å². The van der Waals surface area contributed by atoms with Gasteiger partial charge in [-0.3, -0.25) is 0 Å². The summed E-state index contributed by atoms with van der Waals surface area (Å²) < 4.78 is 5.74. The molecule has 1 heteroatoms. The molecule has 0 heterocycles. The van der Waals surface area contributed by atoms with E-state index in [0.29, 0.717) is 6.10 Å². The van der Waals surface area contributed by atoms with Crippen molar-refractivity contribution in [1.82, 2.24) is 0 Å². The van der Waals surface area contributed by atoms with Crippen LogP contribution >= 0.6 is 0 Å². The van der Waals surface area contributed by atoms with Gasteiger partial charge in [0, 0.05) is 6.61 Å². The number of unbranched alkanes of at least 4 members (excludes halogenated alkanes) is 1. The largest absolute Gasteiger partial charge is 0.379 e. The molecule has 0 spiro atoms. The summed E-state index contributed by atoms with van der Waals surface area (Å²) >= 11 is 0. The van der Waals surface area contributed by atoms with Crippen molar-refractivity contribution in [2.75, 3.05) is 6.61 Å². The summed E-state index contributed by atoms with van der Waals surface area (Å²) in [5.41, 5.74) is 0. The van der Waals surface area contributed by atoms with Crippen molar-refractivity contribution in [3.63, 3.8) is 0 Å². The summed E-state index contributed by atoms with van der Waals surface area (Å²) in [6, 6.07) is 0. The van der Waals surface area contributed by atoms with E-state index in [1.54, 1.807) is 0 Å². The van der Waals surface area contributed by atoms with E-state index in [2.05, 4.69) is 27.7 Å². The van der Waals surface area contributed by atoms with Crippen LogP contribution in [-0.2, 0) is 4.74 Å². The van der Waals surface area contributed by atoms with Gasteiger partial charge in [-0.25, -0.2) is 0 Å². The minimum absolute atomic E-state index is 0.522. The molecule has 0 aliphatic carbocycles. The predicted molar refractivity (Wildman–Crippen MR) is 63.6 cm³/mol. The summed E-state index contributed by atoms with van der Waals surface area (Å²) in [7, 11) is 0. The average molecular weight is 200 g/mol. The molecule has 0 aromatic carbocycles. The minimum atomic E-state index is 0.522. The van der Waals surface area contributed by atoms with Crippen LogP contribution < -0.4 is 0 Å². The molecule has 2 atom stereocenters. The first-order chi connectivity index (χ1) is 6.74. The molecule has 2 unspecified atom stereocenters. The fourth-order valence-electron chi connectivity index (χ4n) is 1.65. The van der Waals surface area contributed by atoms with Crippen molar-refractivity contribution in [3.05, 3.63) is 0 Å². The van der Waals surface area contributed by atoms with Gasteiger partial charge in [-0.1, -0.05) is 40.0 Å². The summed E-state index contributed by atoms with van der Waals surface area (Å²) in [6.07, 6.45) is 8.24. The third kappa shape index (κ3) is 7.37. The first kappa shape index (κ1) is 14.0. The van der Waals surface area contributed by atoms with Crippen molar-refractivity contribution in [2.45, 2.75) is 72.3 Å². The maximum Gasteiger partial charge on any atom is 0.0575 e. The highest BCUT2D eigenvalue weighted by Crippen LogP contribution is 2.16. The molecule has 0 saturated heterocycles. The van der Waals surface area contributed by atoms with E-state index in [4.69, 9.17) is 4.74 Å². The molecule has 86 valence electrons. The maximum absolute atomic E-state index is 5.74. The third-order valence-corrected chi connectivity index (χ3v) is 2.96. The van der Waals surface area contributed by atoms with Gasteiger partial charge in [-0.05, 0) is 32.1 Å². The van der Waals surface area contributed by atoms with Crippen molar-refractivity contribution in [3.8, 4) is 0 Å². The van der Waals surface area contributed by atoms with Gasteiger partial charge in [0.05, 0.1) is 6.10 Å². The Labute approximate surface area is 90.2 Å². The highest BCUT2D eigenvalue weighted by Gasteiger charge is 2.09. The molecule has 0 amide bonds. The molecule has 0 aromatic heterocycles. The van der Waals surface area contributed by atoms with E-state index in [0.717, 1.165) is 12.5 Å². The molecule has 0 aliphatic rings. The Morgan fingerprint density at radius 2 is 1.71 bits per heavy atom. The van der Waals surface area contributed by atoms with Crippen LogP contribution in [0, 0.1) is 5.92 Å². The normalized spacial score (nSPS) is 15.4. The first-order valence-electron chi connectivity index (χ1n) is 6.36. The second-order valence-electron chi connectivity index (χ2n) is 4.31. The summed E-state index contributed by atoms with van der Waals surface area (Å²) in [6.45, 7) is 9.82. The monoisotopic (exact) mass is 200 g/mol. The van der Waals surface area contributed by atoms with Gasteiger partial charge >= 0.3 is 0 Å². The van der Waals surface area contributed by atoms with E-state index in [1.165, 1.54) is 38.5 Å². The van der Waals surface area contributed by atoms with Crippen molar-refractivity contribution in [1.29, 1.82) is 0 Å². The highest BCUT2D eigenvalue weighted by atomic mass is 16.5. The number of hydrogen-bond acceptors (Lipinski definition) is 1. The van der Waals surface area contributed by atoms with Crippen LogP contribution in [0.3, 0.4) is 0 Å². The molecule has 0 radical (unpaired) electrons. The Balaban J connectivity index is 3.60. The van der Waals surface area contributed by atoms with E-state index < -0.39 is 0 Å². The Hall–Kier alpha value is -0.0400. The lowest BCUT2D eigenvalue weighted by Gasteiger charge is -2.18. The molecule has 14 heavy (non-hydrogen) atoms. The van der Waals surface area contributed by atoms with Gasteiger partial charge in [0.15, 0.2) is 0 Å². The molecule has 0 aromatic rings. The minimum Gasteiger partial charge on any atom is -0.379 e. The molecule has 0 N–H and O–H groups in total. The maximum atomic E-state index is 5.74. The van der Waals surface area contributed by atoms with E-state index in [9.17, 15) is 0 Å². The van der Waals surface area contributed by atoms with Crippen molar-refractivity contribution < 1.29 is 4.74 Å². The number of rotatable bonds is 9. The molecule has 0 rings (SSSR count). The van der Waals surface area contributed by atoms with Gasteiger partial charge in [0.1, 0.15) is 0 Å². The number of hydrogen-bond donors (Lipinski definition) is 0. The topological polar surface area (TPSA) is 9.23 Å². The lowest BCUT2D eigenvalue weighted by molar-refractivity contribution is 0.0449. The van der Waals surface area contributed by atoms with Gasteiger partial charge in [-0.2, -0.15) is 0 Å². The molecule has 1 nitrogen and oxygen atoms in total. The van der Waals surface area contributed by atoms with Crippen LogP contribution in [0.1, 0.15) is 66.2 Å². The zero-order chi connectivity index (χ0) is 10.8.